The molecule has 3 aromatic rings. The fourth-order valence-electron chi connectivity index (χ4n) is 2.86. The molecule has 0 aliphatic carbocycles. The molecule has 0 N–H and O–H groups in total. The predicted octanol–water partition coefficient (Wildman–Crippen LogP) is 3.20. The van der Waals surface area contributed by atoms with Crippen LogP contribution in [0.4, 0.5) is 0 Å². The number of carbonyl (C=O) groups is 3. The molecule has 2 heterocycles. The van der Waals surface area contributed by atoms with Crippen LogP contribution in [0.5, 0.6) is 0 Å². The Labute approximate surface area is 158 Å². The molecule has 0 radical (unpaired) electrons. The van der Waals surface area contributed by atoms with E-state index in [1.807, 2.05) is 0 Å². The van der Waals surface area contributed by atoms with E-state index in [9.17, 15) is 14.4 Å². The van der Waals surface area contributed by atoms with Gasteiger partial charge in [-0.05, 0) is 37.3 Å². The summed E-state index contributed by atoms with van der Waals surface area (Å²) < 4.78 is 1.52. The molecule has 8 heteroatoms. The zero-order chi connectivity index (χ0) is 19.1. The van der Waals surface area contributed by atoms with E-state index < -0.39 is 17.8 Å². The molecule has 1 aromatic heterocycles. The van der Waals surface area contributed by atoms with E-state index in [2.05, 4.69) is 5.10 Å². The Morgan fingerprint density at radius 3 is 2.33 bits per heavy atom. The molecule has 0 spiro atoms. The van der Waals surface area contributed by atoms with Crippen LogP contribution in [0.15, 0.2) is 54.7 Å². The number of rotatable bonds is 3. The van der Waals surface area contributed by atoms with Crippen molar-refractivity contribution in [3.8, 4) is 5.69 Å². The van der Waals surface area contributed by atoms with Crippen molar-refractivity contribution >= 4 is 29.4 Å². The minimum atomic E-state index is -0.852. The number of imide groups is 1. The molecule has 7 nitrogen and oxygen atoms in total. The van der Waals surface area contributed by atoms with Gasteiger partial charge in [0.25, 0.3) is 11.8 Å². The summed E-state index contributed by atoms with van der Waals surface area (Å²) in [5.74, 6) is -2.21. The topological polar surface area (TPSA) is 81.5 Å². The Morgan fingerprint density at radius 1 is 1.04 bits per heavy atom. The molecule has 0 saturated heterocycles. The Bertz CT molecular complexity index is 1070. The summed E-state index contributed by atoms with van der Waals surface area (Å²) in [6.07, 6.45) is 1.32. The number of hydroxylamine groups is 2. The van der Waals surface area contributed by atoms with Crippen LogP contribution in [-0.4, -0.2) is 32.6 Å². The highest BCUT2D eigenvalue weighted by Crippen LogP contribution is 2.24. The SMILES string of the molecule is Cc1c(C(=O)ON2C(=O)c3ccccc3C2=O)cnn1-c1cccc(Cl)c1. The van der Waals surface area contributed by atoms with E-state index in [4.69, 9.17) is 16.4 Å². The van der Waals surface area contributed by atoms with Crippen LogP contribution in [-0.2, 0) is 4.84 Å². The van der Waals surface area contributed by atoms with Crippen molar-refractivity contribution in [1.29, 1.82) is 0 Å². The monoisotopic (exact) mass is 381 g/mol. The van der Waals surface area contributed by atoms with Crippen LogP contribution < -0.4 is 0 Å². The summed E-state index contributed by atoms with van der Waals surface area (Å²) in [6.45, 7) is 1.67. The molecule has 27 heavy (non-hydrogen) atoms. The van der Waals surface area contributed by atoms with Gasteiger partial charge in [-0.1, -0.05) is 34.9 Å². The van der Waals surface area contributed by atoms with Crippen LogP contribution >= 0.6 is 11.6 Å². The highest BCUT2D eigenvalue weighted by atomic mass is 35.5. The Balaban J connectivity index is 1.60. The minimum absolute atomic E-state index is 0.131. The molecule has 1 aliphatic heterocycles. The standard InChI is InChI=1S/C19H12ClN3O4/c1-11-16(10-21-22(11)13-6-4-5-12(20)9-13)19(26)27-23-17(24)14-7-2-3-8-15(14)18(23)25/h2-10H,1H3. The van der Waals surface area contributed by atoms with Crippen molar-refractivity contribution in [3.63, 3.8) is 0 Å². The van der Waals surface area contributed by atoms with E-state index in [1.54, 1.807) is 43.3 Å². The second kappa shape index (κ2) is 6.37. The Morgan fingerprint density at radius 2 is 1.70 bits per heavy atom. The number of amides is 2. The summed E-state index contributed by atoms with van der Waals surface area (Å²) in [6, 6.07) is 13.2. The second-order valence-corrected chi connectivity index (χ2v) is 6.30. The lowest BCUT2D eigenvalue weighted by molar-refractivity contribution is -0.0585. The van der Waals surface area contributed by atoms with Gasteiger partial charge in [-0.25, -0.2) is 9.48 Å². The fourth-order valence-corrected chi connectivity index (χ4v) is 3.04. The van der Waals surface area contributed by atoms with Crippen molar-refractivity contribution in [2.75, 3.05) is 0 Å². The third-order valence-electron chi connectivity index (χ3n) is 4.21. The highest BCUT2D eigenvalue weighted by molar-refractivity contribution is 6.30. The zero-order valence-corrected chi connectivity index (χ0v) is 14.8. The van der Waals surface area contributed by atoms with Gasteiger partial charge >= 0.3 is 5.97 Å². The second-order valence-electron chi connectivity index (χ2n) is 5.86. The maximum absolute atomic E-state index is 12.5. The molecule has 0 unspecified atom stereocenters. The lowest BCUT2D eigenvalue weighted by Crippen LogP contribution is -2.32. The average Bonchev–Trinajstić information content (AvgIpc) is 3.16. The van der Waals surface area contributed by atoms with E-state index >= 15 is 0 Å². The van der Waals surface area contributed by atoms with E-state index in [-0.39, 0.29) is 16.7 Å². The maximum Gasteiger partial charge on any atom is 0.367 e. The lowest BCUT2D eigenvalue weighted by Gasteiger charge is -2.12. The molecule has 1 aliphatic rings. The van der Waals surface area contributed by atoms with Gasteiger partial charge in [0, 0.05) is 5.02 Å². The Hall–Kier alpha value is -3.45. The summed E-state index contributed by atoms with van der Waals surface area (Å²) >= 11 is 5.99. The van der Waals surface area contributed by atoms with Crippen LogP contribution in [0.2, 0.25) is 5.02 Å². The third-order valence-corrected chi connectivity index (χ3v) is 4.45. The Kier molecular flexibility index (Phi) is 4.01. The zero-order valence-electron chi connectivity index (χ0n) is 14.0. The number of benzene rings is 2. The minimum Gasteiger partial charge on any atom is -0.324 e. The summed E-state index contributed by atoms with van der Waals surface area (Å²) in [7, 11) is 0. The number of hydrogen-bond acceptors (Lipinski definition) is 5. The largest absolute Gasteiger partial charge is 0.367 e. The van der Waals surface area contributed by atoms with Gasteiger partial charge in [-0.2, -0.15) is 5.10 Å². The number of hydrogen-bond donors (Lipinski definition) is 0. The molecule has 2 aromatic carbocycles. The first-order valence-corrected chi connectivity index (χ1v) is 8.36. The first kappa shape index (κ1) is 17.0. The number of aromatic nitrogens is 2. The van der Waals surface area contributed by atoms with Crippen molar-refractivity contribution in [3.05, 3.63) is 82.1 Å². The van der Waals surface area contributed by atoms with E-state index in [0.717, 1.165) is 0 Å². The first-order chi connectivity index (χ1) is 13.0. The molecule has 0 saturated carbocycles. The van der Waals surface area contributed by atoms with Crippen molar-refractivity contribution in [2.45, 2.75) is 6.92 Å². The summed E-state index contributed by atoms with van der Waals surface area (Å²) in [5.41, 5.74) is 1.67. The van der Waals surface area contributed by atoms with Crippen molar-refractivity contribution < 1.29 is 19.2 Å². The van der Waals surface area contributed by atoms with E-state index in [1.165, 1.54) is 23.0 Å². The van der Waals surface area contributed by atoms with Crippen LogP contribution in [0, 0.1) is 6.92 Å². The van der Waals surface area contributed by atoms with Gasteiger partial charge < -0.3 is 4.84 Å². The predicted molar refractivity (Wildman–Crippen MR) is 95.7 cm³/mol. The molecular formula is C19H12ClN3O4. The quantitative estimate of drug-likeness (QED) is 0.651. The average molecular weight is 382 g/mol. The molecule has 2 amide bonds. The summed E-state index contributed by atoms with van der Waals surface area (Å²) in [5, 5.41) is 5.17. The maximum atomic E-state index is 12.5. The summed E-state index contributed by atoms with van der Waals surface area (Å²) in [4.78, 5) is 42.2. The molecule has 4 rings (SSSR count). The highest BCUT2D eigenvalue weighted by Gasteiger charge is 2.39. The first-order valence-electron chi connectivity index (χ1n) is 7.98. The fraction of sp³-hybridized carbons (Fsp3) is 0.0526. The van der Waals surface area contributed by atoms with Gasteiger partial charge in [0.05, 0.1) is 28.7 Å². The van der Waals surface area contributed by atoms with E-state index in [0.29, 0.717) is 21.5 Å². The lowest BCUT2D eigenvalue weighted by atomic mass is 10.1. The smallest absolute Gasteiger partial charge is 0.324 e. The molecule has 0 atom stereocenters. The van der Waals surface area contributed by atoms with Crippen LogP contribution in [0.1, 0.15) is 36.8 Å². The molecule has 134 valence electrons. The van der Waals surface area contributed by atoms with Gasteiger partial charge in [0.2, 0.25) is 0 Å². The number of fused-ring (bicyclic) bond motifs is 1. The van der Waals surface area contributed by atoms with Gasteiger partial charge in [0.15, 0.2) is 0 Å². The van der Waals surface area contributed by atoms with Crippen LogP contribution in [0.3, 0.4) is 0 Å². The van der Waals surface area contributed by atoms with Crippen molar-refractivity contribution in [2.24, 2.45) is 0 Å². The third kappa shape index (κ3) is 2.78. The molecule has 0 bridgehead atoms. The number of carbonyl (C=O) groups excluding carboxylic acids is 3. The molecular weight excluding hydrogens is 370 g/mol. The van der Waals surface area contributed by atoms with Crippen LogP contribution in [0.25, 0.3) is 5.69 Å². The van der Waals surface area contributed by atoms with Crippen molar-refractivity contribution in [1.82, 2.24) is 14.8 Å². The van der Waals surface area contributed by atoms with Gasteiger partial charge in [-0.3, -0.25) is 9.59 Å². The van der Waals surface area contributed by atoms with Gasteiger partial charge in [0.1, 0.15) is 5.56 Å². The number of nitrogens with zero attached hydrogens (tertiary/aromatic N) is 3. The van der Waals surface area contributed by atoms with Gasteiger partial charge in [-0.15, -0.1) is 0 Å². The molecule has 0 fully saturated rings. The normalized spacial score (nSPS) is 13.0. The number of halogens is 1.